The molecule has 0 spiro atoms. The molecule has 7 heteroatoms. The minimum absolute atomic E-state index is 0.123. The molecule has 0 atom stereocenters. The van der Waals surface area contributed by atoms with Gasteiger partial charge in [0.1, 0.15) is 0 Å². The van der Waals surface area contributed by atoms with Crippen LogP contribution >= 0.6 is 11.3 Å². The molecule has 328 valence electrons. The van der Waals surface area contributed by atoms with Crippen molar-refractivity contribution in [2.75, 3.05) is 0 Å². The third kappa shape index (κ3) is 8.03. The Morgan fingerprint density at radius 1 is 0.304 bits per heavy atom. The minimum atomic E-state index is -0.123. The van der Waals surface area contributed by atoms with E-state index in [4.69, 9.17) is 29.9 Å². The zero-order valence-corrected chi connectivity index (χ0v) is 39.1. The second-order valence-electron chi connectivity index (χ2n) is 18.3. The number of thiophene rings is 1. The standard InChI is InChI=1S/C62H44N6S/c1-62(2,3)48-37-51(44-30-19-32-47(35-44)61-67-58(41-24-12-6-13-25-41)64-59(68-61)42-26-14-7-15-27-42)54-52(38-48)53-49-33-17-16-28-45(49)36-50(55(53)69-54)43-29-18-31-46(34-43)60-65-56(39-20-8-4-9-21-39)63-57(66-60)40-22-10-5-11-23-40/h4-38H,1-3H3. The van der Waals surface area contributed by atoms with E-state index in [0.717, 1.165) is 50.1 Å². The normalized spacial score (nSPS) is 11.7. The molecule has 3 aromatic heterocycles. The zero-order chi connectivity index (χ0) is 46.5. The van der Waals surface area contributed by atoms with Crippen LogP contribution in [0, 0.1) is 0 Å². The number of rotatable bonds is 8. The molecule has 0 aliphatic rings. The van der Waals surface area contributed by atoms with Crippen molar-refractivity contribution in [2.45, 2.75) is 26.2 Å². The fraction of sp³-hybridized carbons (Fsp3) is 0.0645. The highest BCUT2D eigenvalue weighted by molar-refractivity contribution is 7.27. The predicted octanol–water partition coefficient (Wildman–Crippen LogP) is 16.2. The summed E-state index contributed by atoms with van der Waals surface area (Å²) in [6.07, 6.45) is 0. The van der Waals surface area contributed by atoms with Crippen molar-refractivity contribution in [3.8, 4) is 90.6 Å². The Morgan fingerprint density at radius 3 is 1.10 bits per heavy atom. The Balaban J connectivity index is 1.05. The van der Waals surface area contributed by atoms with Gasteiger partial charge in [0.25, 0.3) is 0 Å². The summed E-state index contributed by atoms with van der Waals surface area (Å²) in [5, 5.41) is 4.92. The van der Waals surface area contributed by atoms with Crippen LogP contribution in [0.4, 0.5) is 0 Å². The fourth-order valence-electron chi connectivity index (χ4n) is 9.12. The monoisotopic (exact) mass is 904 g/mol. The molecule has 0 N–H and O–H groups in total. The van der Waals surface area contributed by atoms with Crippen LogP contribution in [0.2, 0.25) is 0 Å². The number of aromatic nitrogens is 6. The van der Waals surface area contributed by atoms with E-state index in [1.165, 1.54) is 42.1 Å². The van der Waals surface area contributed by atoms with Gasteiger partial charge in [0.15, 0.2) is 34.9 Å². The van der Waals surface area contributed by atoms with Crippen molar-refractivity contribution < 1.29 is 0 Å². The Bertz CT molecular complexity index is 3750. The van der Waals surface area contributed by atoms with Crippen LogP contribution in [-0.2, 0) is 5.41 Å². The van der Waals surface area contributed by atoms with Crippen LogP contribution in [0.3, 0.4) is 0 Å². The first-order valence-electron chi connectivity index (χ1n) is 23.2. The van der Waals surface area contributed by atoms with Crippen molar-refractivity contribution in [2.24, 2.45) is 0 Å². The first-order chi connectivity index (χ1) is 33.8. The molecule has 6 nitrogen and oxygen atoms in total. The average molecular weight is 905 g/mol. The molecule has 0 bridgehead atoms. The lowest BCUT2D eigenvalue weighted by Crippen LogP contribution is -2.11. The maximum absolute atomic E-state index is 5.10. The maximum Gasteiger partial charge on any atom is 0.164 e. The van der Waals surface area contributed by atoms with Gasteiger partial charge in [-0.15, -0.1) is 11.3 Å². The quantitative estimate of drug-likeness (QED) is 0.151. The zero-order valence-electron chi connectivity index (χ0n) is 38.3. The highest BCUT2D eigenvalue weighted by Crippen LogP contribution is 2.49. The SMILES string of the molecule is CC(C)(C)c1cc(-c2cccc(-c3nc(-c4ccccc4)nc(-c4ccccc4)n3)c2)c2sc3c(-c4cccc(-c5nc(-c6ccccc6)nc(-c6ccccc6)n5)c4)cc4ccccc4c3c2c1. The number of nitrogens with zero attached hydrogens (tertiary/aromatic N) is 6. The molecule has 0 aliphatic carbocycles. The van der Waals surface area contributed by atoms with Gasteiger partial charge in [-0.2, -0.15) is 0 Å². The van der Waals surface area contributed by atoms with Gasteiger partial charge in [0, 0.05) is 59.1 Å². The molecular formula is C62H44N6S. The van der Waals surface area contributed by atoms with E-state index >= 15 is 0 Å². The largest absolute Gasteiger partial charge is 0.208 e. The molecule has 12 rings (SSSR count). The molecule has 3 heterocycles. The van der Waals surface area contributed by atoms with E-state index < -0.39 is 0 Å². The molecule has 9 aromatic carbocycles. The third-order valence-electron chi connectivity index (χ3n) is 12.7. The number of hydrogen-bond acceptors (Lipinski definition) is 7. The van der Waals surface area contributed by atoms with Gasteiger partial charge in [-0.05, 0) is 68.8 Å². The van der Waals surface area contributed by atoms with Crippen molar-refractivity contribution in [3.05, 3.63) is 218 Å². The van der Waals surface area contributed by atoms with Crippen molar-refractivity contribution in [3.63, 3.8) is 0 Å². The van der Waals surface area contributed by atoms with Crippen LogP contribution in [0.25, 0.3) is 122 Å². The topological polar surface area (TPSA) is 77.3 Å². The molecule has 69 heavy (non-hydrogen) atoms. The smallest absolute Gasteiger partial charge is 0.164 e. The molecule has 0 saturated heterocycles. The maximum atomic E-state index is 5.10. The second-order valence-corrected chi connectivity index (χ2v) is 19.4. The first-order valence-corrected chi connectivity index (χ1v) is 24.0. The Morgan fingerprint density at radius 2 is 0.667 bits per heavy atom. The molecule has 0 fully saturated rings. The molecule has 0 saturated carbocycles. The molecule has 0 radical (unpaired) electrons. The Hall–Kier alpha value is -8.52. The van der Waals surface area contributed by atoms with E-state index in [9.17, 15) is 0 Å². The van der Waals surface area contributed by atoms with Crippen molar-refractivity contribution in [1.29, 1.82) is 0 Å². The molecular weight excluding hydrogens is 861 g/mol. The molecule has 0 aliphatic heterocycles. The molecule has 0 amide bonds. The van der Waals surface area contributed by atoms with Crippen LogP contribution in [0.15, 0.2) is 212 Å². The lowest BCUT2D eigenvalue weighted by atomic mass is 9.83. The summed E-state index contributed by atoms with van der Waals surface area (Å²) >= 11 is 1.86. The van der Waals surface area contributed by atoms with Crippen LogP contribution < -0.4 is 0 Å². The highest BCUT2D eigenvalue weighted by atomic mass is 32.1. The molecule has 0 unspecified atom stereocenters. The summed E-state index contributed by atoms with van der Waals surface area (Å²) in [6.45, 7) is 6.89. The average Bonchev–Trinajstić information content (AvgIpc) is 3.81. The van der Waals surface area contributed by atoms with Gasteiger partial charge in [-0.25, -0.2) is 29.9 Å². The number of benzene rings is 9. The van der Waals surface area contributed by atoms with Gasteiger partial charge in [0.05, 0.1) is 0 Å². The summed E-state index contributed by atoms with van der Waals surface area (Å²) < 4.78 is 2.46. The predicted molar refractivity (Wildman–Crippen MR) is 286 cm³/mol. The second kappa shape index (κ2) is 17.3. The van der Waals surface area contributed by atoms with Gasteiger partial charge in [0.2, 0.25) is 0 Å². The van der Waals surface area contributed by atoms with Crippen molar-refractivity contribution in [1.82, 2.24) is 29.9 Å². The van der Waals surface area contributed by atoms with E-state index in [1.807, 2.05) is 133 Å². The summed E-state index contributed by atoms with van der Waals surface area (Å²) in [7, 11) is 0. The lowest BCUT2D eigenvalue weighted by Gasteiger charge is -2.21. The highest BCUT2D eigenvalue weighted by Gasteiger charge is 2.23. The molecule has 12 aromatic rings. The lowest BCUT2D eigenvalue weighted by molar-refractivity contribution is 0.591. The van der Waals surface area contributed by atoms with Gasteiger partial charge in [-0.3, -0.25) is 0 Å². The van der Waals surface area contributed by atoms with Crippen LogP contribution in [0.1, 0.15) is 26.3 Å². The summed E-state index contributed by atoms with van der Waals surface area (Å²) in [5.74, 6) is 3.80. The van der Waals surface area contributed by atoms with Gasteiger partial charge in [-0.1, -0.05) is 203 Å². The van der Waals surface area contributed by atoms with E-state index in [1.54, 1.807) is 0 Å². The van der Waals surface area contributed by atoms with E-state index in [0.29, 0.717) is 34.9 Å². The number of fused-ring (bicyclic) bond motifs is 5. The van der Waals surface area contributed by atoms with E-state index in [2.05, 4.69) is 112 Å². The third-order valence-corrected chi connectivity index (χ3v) is 14.0. The first kappa shape index (κ1) is 41.9. The fourth-order valence-corrected chi connectivity index (χ4v) is 10.5. The Kier molecular flexibility index (Phi) is 10.5. The van der Waals surface area contributed by atoms with Crippen LogP contribution in [-0.4, -0.2) is 29.9 Å². The summed E-state index contributed by atoms with van der Waals surface area (Å²) in [6, 6.07) is 73.9. The van der Waals surface area contributed by atoms with Gasteiger partial charge >= 0.3 is 0 Å². The van der Waals surface area contributed by atoms with Crippen molar-refractivity contribution >= 4 is 42.3 Å². The van der Waals surface area contributed by atoms with E-state index in [-0.39, 0.29) is 5.41 Å². The van der Waals surface area contributed by atoms with Crippen LogP contribution in [0.5, 0.6) is 0 Å². The summed E-state index contributed by atoms with van der Waals surface area (Å²) in [5.41, 5.74) is 11.3. The summed E-state index contributed by atoms with van der Waals surface area (Å²) in [4.78, 5) is 30.3. The number of hydrogen-bond donors (Lipinski definition) is 0. The van der Waals surface area contributed by atoms with Gasteiger partial charge < -0.3 is 0 Å². The Labute approximate surface area is 404 Å². The minimum Gasteiger partial charge on any atom is -0.208 e.